The van der Waals surface area contributed by atoms with Crippen LogP contribution < -0.4 is 9.47 Å². The van der Waals surface area contributed by atoms with Gasteiger partial charge in [0.2, 0.25) is 12.7 Å². The molecule has 1 saturated heterocycles. The van der Waals surface area contributed by atoms with Crippen molar-refractivity contribution in [1.82, 2.24) is 14.7 Å². The molecule has 192 valence electrons. The molecular formula is C29H31N3O4S. The van der Waals surface area contributed by atoms with Gasteiger partial charge < -0.3 is 19.3 Å². The number of carbonyl (C=O) groups excluding carboxylic acids is 2. The van der Waals surface area contributed by atoms with E-state index in [4.69, 9.17) is 9.47 Å². The molecule has 0 aliphatic carbocycles. The Bertz CT molecular complexity index is 1340. The van der Waals surface area contributed by atoms with Gasteiger partial charge in [0.25, 0.3) is 5.91 Å². The van der Waals surface area contributed by atoms with Crippen molar-refractivity contribution in [3.63, 3.8) is 0 Å². The number of benzene rings is 2. The first-order valence-electron chi connectivity index (χ1n) is 12.8. The van der Waals surface area contributed by atoms with Gasteiger partial charge in [-0.1, -0.05) is 24.3 Å². The molecule has 0 spiro atoms. The predicted octanol–water partition coefficient (Wildman–Crippen LogP) is 4.11. The Morgan fingerprint density at radius 2 is 1.84 bits per heavy atom. The highest BCUT2D eigenvalue weighted by Crippen LogP contribution is 2.39. The lowest BCUT2D eigenvalue weighted by atomic mass is 9.90. The maximum Gasteiger partial charge on any atom is 0.254 e. The van der Waals surface area contributed by atoms with Crippen LogP contribution in [0.4, 0.5) is 0 Å². The lowest BCUT2D eigenvalue weighted by Gasteiger charge is -2.42. The van der Waals surface area contributed by atoms with Crippen molar-refractivity contribution in [1.29, 1.82) is 0 Å². The van der Waals surface area contributed by atoms with Gasteiger partial charge in [-0.15, -0.1) is 11.3 Å². The smallest absolute Gasteiger partial charge is 0.254 e. The minimum Gasteiger partial charge on any atom is -0.454 e. The number of hydrogen-bond donors (Lipinski definition) is 0. The summed E-state index contributed by atoms with van der Waals surface area (Å²) in [5.41, 5.74) is 4.41. The van der Waals surface area contributed by atoms with Gasteiger partial charge in [-0.3, -0.25) is 14.5 Å². The molecule has 2 atom stereocenters. The Morgan fingerprint density at radius 3 is 2.68 bits per heavy atom. The summed E-state index contributed by atoms with van der Waals surface area (Å²) in [6.07, 6.45) is 0.969. The first kappa shape index (κ1) is 24.0. The SMILES string of the molecule is Cc1ccccc1[C@@H]1c2ccsc2CCN1CC(=O)N1CCN(C(=O)c2ccc3c(c2)OCO3)[C@@H](C)C1. The number of thiophene rings is 1. The molecule has 0 saturated carbocycles. The second-order valence-electron chi connectivity index (χ2n) is 10.0. The highest BCUT2D eigenvalue weighted by molar-refractivity contribution is 7.10. The third-order valence-electron chi connectivity index (χ3n) is 7.75. The number of piperazine rings is 1. The average molecular weight is 518 g/mol. The number of carbonyl (C=O) groups is 2. The molecule has 2 aromatic carbocycles. The van der Waals surface area contributed by atoms with Crippen LogP contribution in [-0.4, -0.2) is 72.1 Å². The van der Waals surface area contributed by atoms with Crippen LogP contribution in [-0.2, 0) is 11.2 Å². The van der Waals surface area contributed by atoms with E-state index in [1.165, 1.54) is 21.6 Å². The largest absolute Gasteiger partial charge is 0.454 e. The Labute approximate surface area is 221 Å². The fourth-order valence-corrected chi connectivity index (χ4v) is 6.66. The van der Waals surface area contributed by atoms with Gasteiger partial charge in [0.15, 0.2) is 11.5 Å². The van der Waals surface area contributed by atoms with Crippen molar-refractivity contribution in [2.24, 2.45) is 0 Å². The minimum atomic E-state index is -0.0763. The summed E-state index contributed by atoms with van der Waals surface area (Å²) in [4.78, 5) is 34.3. The fourth-order valence-electron chi connectivity index (χ4n) is 5.75. The van der Waals surface area contributed by atoms with Crippen LogP contribution in [0.5, 0.6) is 11.5 Å². The molecule has 8 heteroatoms. The second-order valence-corrected chi connectivity index (χ2v) is 11.0. The Morgan fingerprint density at radius 1 is 1.00 bits per heavy atom. The van der Waals surface area contributed by atoms with E-state index in [1.807, 2.05) is 28.1 Å². The molecule has 1 fully saturated rings. The molecule has 0 radical (unpaired) electrons. The van der Waals surface area contributed by atoms with Gasteiger partial charge >= 0.3 is 0 Å². The zero-order valence-corrected chi connectivity index (χ0v) is 22.0. The quantitative estimate of drug-likeness (QED) is 0.521. The maximum absolute atomic E-state index is 13.6. The van der Waals surface area contributed by atoms with Crippen LogP contribution in [0.2, 0.25) is 0 Å². The van der Waals surface area contributed by atoms with E-state index >= 15 is 0 Å². The Kier molecular flexibility index (Phi) is 6.38. The summed E-state index contributed by atoms with van der Waals surface area (Å²) < 4.78 is 10.8. The Hall–Kier alpha value is -3.36. The van der Waals surface area contributed by atoms with E-state index in [2.05, 4.69) is 47.5 Å². The Balaban J connectivity index is 1.14. The van der Waals surface area contributed by atoms with Crippen molar-refractivity contribution >= 4 is 23.2 Å². The van der Waals surface area contributed by atoms with Gasteiger partial charge in [0.05, 0.1) is 12.6 Å². The van der Waals surface area contributed by atoms with Crippen LogP contribution in [0.3, 0.4) is 0 Å². The molecule has 0 unspecified atom stereocenters. The topological polar surface area (TPSA) is 62.3 Å². The highest BCUT2D eigenvalue weighted by Gasteiger charge is 2.35. The lowest BCUT2D eigenvalue weighted by molar-refractivity contribution is -0.135. The number of aryl methyl sites for hydroxylation is 1. The molecule has 3 aliphatic heterocycles. The standard InChI is InChI=1S/C29H31N3O4S/c1-19-5-3-4-6-22(19)28-23-10-14-37-26(23)9-11-31(28)17-27(33)30-12-13-32(20(2)16-30)29(34)21-7-8-24-25(15-21)36-18-35-24/h3-8,10,14-15,20,28H,9,11-13,16-18H2,1-2H3/t20-,28+/m0/s1. The lowest BCUT2D eigenvalue weighted by Crippen LogP contribution is -2.57. The van der Waals surface area contributed by atoms with Crippen LogP contribution >= 0.6 is 11.3 Å². The molecule has 7 nitrogen and oxygen atoms in total. The molecule has 3 aliphatic rings. The minimum absolute atomic E-state index is 0.0430. The van der Waals surface area contributed by atoms with Gasteiger partial charge in [-0.2, -0.15) is 0 Å². The third kappa shape index (κ3) is 4.49. The fraction of sp³-hybridized carbons (Fsp3) is 0.379. The van der Waals surface area contributed by atoms with Gasteiger partial charge in [0, 0.05) is 42.7 Å². The molecule has 37 heavy (non-hydrogen) atoms. The van der Waals surface area contributed by atoms with Crippen LogP contribution in [0.25, 0.3) is 0 Å². The number of ether oxygens (including phenoxy) is 2. The van der Waals surface area contributed by atoms with E-state index in [0.717, 1.165) is 13.0 Å². The zero-order chi connectivity index (χ0) is 25.5. The van der Waals surface area contributed by atoms with Crippen molar-refractivity contribution in [3.8, 4) is 11.5 Å². The van der Waals surface area contributed by atoms with Crippen LogP contribution in [0.15, 0.2) is 53.9 Å². The number of rotatable bonds is 4. The van der Waals surface area contributed by atoms with E-state index in [1.54, 1.807) is 18.2 Å². The number of amides is 2. The number of hydrogen-bond acceptors (Lipinski definition) is 6. The van der Waals surface area contributed by atoms with Crippen molar-refractivity contribution < 1.29 is 19.1 Å². The first-order chi connectivity index (χ1) is 18.0. The molecule has 6 rings (SSSR count). The molecule has 0 N–H and O–H groups in total. The van der Waals surface area contributed by atoms with Crippen molar-refractivity contribution in [3.05, 3.63) is 81.0 Å². The molecule has 4 heterocycles. The second kappa shape index (κ2) is 9.84. The molecular weight excluding hydrogens is 486 g/mol. The maximum atomic E-state index is 13.6. The monoisotopic (exact) mass is 517 g/mol. The summed E-state index contributed by atoms with van der Waals surface area (Å²) >= 11 is 1.81. The molecule has 0 bridgehead atoms. The molecule has 1 aromatic heterocycles. The average Bonchev–Trinajstić information content (AvgIpc) is 3.58. The van der Waals surface area contributed by atoms with Crippen LogP contribution in [0.1, 0.15) is 44.9 Å². The first-order valence-corrected chi connectivity index (χ1v) is 13.7. The predicted molar refractivity (Wildman–Crippen MR) is 142 cm³/mol. The summed E-state index contributed by atoms with van der Waals surface area (Å²) in [5.74, 6) is 1.35. The summed E-state index contributed by atoms with van der Waals surface area (Å²) in [7, 11) is 0. The normalized spacial score (nSPS) is 21.1. The number of fused-ring (bicyclic) bond motifs is 2. The van der Waals surface area contributed by atoms with E-state index < -0.39 is 0 Å². The van der Waals surface area contributed by atoms with E-state index in [0.29, 0.717) is 43.2 Å². The van der Waals surface area contributed by atoms with Gasteiger partial charge in [0.1, 0.15) is 0 Å². The highest BCUT2D eigenvalue weighted by atomic mass is 32.1. The van der Waals surface area contributed by atoms with Gasteiger partial charge in [-0.05, 0) is 66.6 Å². The molecule has 3 aromatic rings. The van der Waals surface area contributed by atoms with E-state index in [9.17, 15) is 9.59 Å². The van der Waals surface area contributed by atoms with Crippen molar-refractivity contribution in [2.45, 2.75) is 32.4 Å². The van der Waals surface area contributed by atoms with E-state index in [-0.39, 0.29) is 30.7 Å². The van der Waals surface area contributed by atoms with Crippen LogP contribution in [0, 0.1) is 6.92 Å². The summed E-state index contributed by atoms with van der Waals surface area (Å²) in [6.45, 7) is 7.14. The molecule has 2 amide bonds. The summed E-state index contributed by atoms with van der Waals surface area (Å²) in [6, 6.07) is 16.0. The number of nitrogens with zero attached hydrogens (tertiary/aromatic N) is 3. The van der Waals surface area contributed by atoms with Crippen molar-refractivity contribution in [2.75, 3.05) is 39.5 Å². The van der Waals surface area contributed by atoms with Gasteiger partial charge in [-0.25, -0.2) is 0 Å². The third-order valence-corrected chi connectivity index (χ3v) is 8.74. The summed E-state index contributed by atoms with van der Waals surface area (Å²) in [5, 5.41) is 2.17. The zero-order valence-electron chi connectivity index (χ0n) is 21.2.